The van der Waals surface area contributed by atoms with E-state index in [4.69, 9.17) is 0 Å². The quantitative estimate of drug-likeness (QED) is 0.847. The minimum absolute atomic E-state index is 0.299. The third kappa shape index (κ3) is 4.46. The fraction of sp³-hybridized carbons (Fsp3) is 0.357. The number of nitrogens with one attached hydrogen (secondary N) is 2. The zero-order chi connectivity index (χ0) is 14.4. The molecule has 5 nitrogen and oxygen atoms in total. The number of benzene rings is 1. The van der Waals surface area contributed by atoms with E-state index in [2.05, 4.69) is 39.7 Å². The van der Waals surface area contributed by atoms with Crippen molar-refractivity contribution in [3.63, 3.8) is 0 Å². The molecule has 0 spiro atoms. The second-order valence-corrected chi connectivity index (χ2v) is 4.91. The van der Waals surface area contributed by atoms with Gasteiger partial charge in [0.1, 0.15) is 5.82 Å². The van der Waals surface area contributed by atoms with Gasteiger partial charge in [0.2, 0.25) is 5.95 Å². The average Bonchev–Trinajstić information content (AvgIpc) is 2.39. The predicted octanol–water partition coefficient (Wildman–Crippen LogP) is 3.21. The maximum atomic E-state index is 13.1. The van der Waals surface area contributed by atoms with Crippen LogP contribution in [0.25, 0.3) is 0 Å². The van der Waals surface area contributed by atoms with E-state index in [1.165, 1.54) is 18.3 Å². The van der Waals surface area contributed by atoms with Gasteiger partial charge in [0, 0.05) is 12.2 Å². The van der Waals surface area contributed by atoms with Gasteiger partial charge in [-0.25, -0.2) is 4.39 Å². The molecule has 1 aromatic carbocycles. The first-order chi connectivity index (χ1) is 9.63. The van der Waals surface area contributed by atoms with Gasteiger partial charge in [0.15, 0.2) is 5.82 Å². The van der Waals surface area contributed by atoms with Crippen molar-refractivity contribution in [1.29, 1.82) is 0 Å². The summed E-state index contributed by atoms with van der Waals surface area (Å²) in [6.45, 7) is 5.11. The largest absolute Gasteiger partial charge is 0.353 e. The van der Waals surface area contributed by atoms with E-state index in [-0.39, 0.29) is 5.82 Å². The van der Waals surface area contributed by atoms with Crippen LogP contribution < -0.4 is 10.6 Å². The molecule has 0 aliphatic carbocycles. The van der Waals surface area contributed by atoms with Gasteiger partial charge in [-0.1, -0.05) is 19.9 Å². The Morgan fingerprint density at radius 3 is 2.90 bits per heavy atom. The number of hydrogen-bond acceptors (Lipinski definition) is 5. The second-order valence-electron chi connectivity index (χ2n) is 4.91. The molecule has 0 saturated carbocycles. The van der Waals surface area contributed by atoms with Crippen LogP contribution in [-0.4, -0.2) is 21.7 Å². The summed E-state index contributed by atoms with van der Waals surface area (Å²) in [5.41, 5.74) is 0.624. The molecule has 0 amide bonds. The molecule has 0 fully saturated rings. The third-order valence-corrected chi connectivity index (χ3v) is 2.66. The van der Waals surface area contributed by atoms with Gasteiger partial charge >= 0.3 is 0 Å². The summed E-state index contributed by atoms with van der Waals surface area (Å²) in [6.07, 6.45) is 2.53. The van der Waals surface area contributed by atoms with Crippen molar-refractivity contribution in [1.82, 2.24) is 15.2 Å². The Bertz CT molecular complexity index is 559. The molecule has 106 valence electrons. The van der Waals surface area contributed by atoms with Crippen molar-refractivity contribution in [2.75, 3.05) is 17.2 Å². The Morgan fingerprint density at radius 1 is 1.30 bits per heavy atom. The molecule has 2 rings (SSSR count). The summed E-state index contributed by atoms with van der Waals surface area (Å²) in [7, 11) is 0. The van der Waals surface area contributed by atoms with E-state index in [1.54, 1.807) is 12.1 Å². The Labute approximate surface area is 117 Å². The van der Waals surface area contributed by atoms with Crippen LogP contribution in [0.3, 0.4) is 0 Å². The van der Waals surface area contributed by atoms with Crippen molar-refractivity contribution < 1.29 is 4.39 Å². The lowest BCUT2D eigenvalue weighted by atomic mass is 10.1. The van der Waals surface area contributed by atoms with Crippen LogP contribution in [0.4, 0.5) is 21.8 Å². The van der Waals surface area contributed by atoms with Gasteiger partial charge in [-0.2, -0.15) is 10.1 Å². The van der Waals surface area contributed by atoms with Gasteiger partial charge in [-0.05, 0) is 30.5 Å². The highest BCUT2D eigenvalue weighted by molar-refractivity contribution is 5.55. The first-order valence-electron chi connectivity index (χ1n) is 6.59. The van der Waals surface area contributed by atoms with Crippen molar-refractivity contribution >= 4 is 17.5 Å². The second kappa shape index (κ2) is 6.79. The number of anilines is 3. The van der Waals surface area contributed by atoms with Crippen molar-refractivity contribution in [3.8, 4) is 0 Å². The van der Waals surface area contributed by atoms with E-state index >= 15 is 0 Å². The Kier molecular flexibility index (Phi) is 4.81. The van der Waals surface area contributed by atoms with Crippen molar-refractivity contribution in [2.24, 2.45) is 5.92 Å². The lowest BCUT2D eigenvalue weighted by Crippen LogP contribution is -2.09. The highest BCUT2D eigenvalue weighted by atomic mass is 19.1. The molecule has 2 N–H and O–H groups in total. The Balaban J connectivity index is 1.99. The van der Waals surface area contributed by atoms with Crippen molar-refractivity contribution in [2.45, 2.75) is 20.3 Å². The molecule has 0 bridgehead atoms. The molecule has 1 heterocycles. The third-order valence-electron chi connectivity index (χ3n) is 2.66. The van der Waals surface area contributed by atoms with Crippen LogP contribution in [0.1, 0.15) is 20.3 Å². The summed E-state index contributed by atoms with van der Waals surface area (Å²) in [6, 6.07) is 6.18. The molecule has 2 aromatic rings. The summed E-state index contributed by atoms with van der Waals surface area (Å²) in [5, 5.41) is 13.9. The lowest BCUT2D eigenvalue weighted by molar-refractivity contribution is 0.605. The standard InChI is InChI=1S/C14H18FN5/c1-10(2)6-7-16-14-19-13(9-17-20-14)18-12-5-3-4-11(15)8-12/h3-5,8-10H,6-7H2,1-2H3,(H2,16,18,19,20). The number of rotatable bonds is 6. The Morgan fingerprint density at radius 2 is 2.15 bits per heavy atom. The maximum absolute atomic E-state index is 13.1. The molecule has 0 atom stereocenters. The number of aromatic nitrogens is 3. The maximum Gasteiger partial charge on any atom is 0.244 e. The first-order valence-corrected chi connectivity index (χ1v) is 6.59. The van der Waals surface area contributed by atoms with Gasteiger partial charge in [-0.3, -0.25) is 0 Å². The zero-order valence-electron chi connectivity index (χ0n) is 11.6. The average molecular weight is 275 g/mol. The smallest absolute Gasteiger partial charge is 0.244 e. The molecule has 0 unspecified atom stereocenters. The number of hydrogen-bond donors (Lipinski definition) is 2. The molecular formula is C14H18FN5. The molecule has 0 radical (unpaired) electrons. The highest BCUT2D eigenvalue weighted by Gasteiger charge is 2.02. The summed E-state index contributed by atoms with van der Waals surface area (Å²) in [4.78, 5) is 4.28. The monoisotopic (exact) mass is 275 g/mol. The zero-order valence-corrected chi connectivity index (χ0v) is 11.6. The summed E-state index contributed by atoms with van der Waals surface area (Å²) < 4.78 is 13.1. The van der Waals surface area contributed by atoms with Crippen LogP contribution in [0.5, 0.6) is 0 Å². The number of halogens is 1. The van der Waals surface area contributed by atoms with Gasteiger partial charge in [-0.15, -0.1) is 5.10 Å². The van der Waals surface area contributed by atoms with E-state index in [1.807, 2.05) is 0 Å². The van der Waals surface area contributed by atoms with Crippen LogP contribution >= 0.6 is 0 Å². The highest BCUT2D eigenvalue weighted by Crippen LogP contribution is 2.15. The molecule has 1 aromatic heterocycles. The fourth-order valence-corrected chi connectivity index (χ4v) is 1.63. The van der Waals surface area contributed by atoms with Crippen molar-refractivity contribution in [3.05, 3.63) is 36.3 Å². The topological polar surface area (TPSA) is 62.7 Å². The molecule has 0 aliphatic rings. The SMILES string of the molecule is CC(C)CCNc1nncc(Nc2cccc(F)c2)n1. The molecule has 20 heavy (non-hydrogen) atoms. The first kappa shape index (κ1) is 14.2. The van der Waals surface area contributed by atoms with E-state index in [0.717, 1.165) is 13.0 Å². The molecular weight excluding hydrogens is 257 g/mol. The van der Waals surface area contributed by atoms with Crippen LogP contribution in [0, 0.1) is 11.7 Å². The van der Waals surface area contributed by atoms with Gasteiger partial charge in [0.05, 0.1) is 6.20 Å². The van der Waals surface area contributed by atoms with E-state index in [0.29, 0.717) is 23.4 Å². The van der Waals surface area contributed by atoms with Crippen LogP contribution in [-0.2, 0) is 0 Å². The predicted molar refractivity (Wildman–Crippen MR) is 77.5 cm³/mol. The summed E-state index contributed by atoms with van der Waals surface area (Å²) in [5.74, 6) is 1.31. The normalized spacial score (nSPS) is 10.6. The molecule has 0 saturated heterocycles. The van der Waals surface area contributed by atoms with E-state index < -0.39 is 0 Å². The lowest BCUT2D eigenvalue weighted by Gasteiger charge is -2.08. The van der Waals surface area contributed by atoms with E-state index in [9.17, 15) is 4.39 Å². The Hall–Kier alpha value is -2.24. The molecule has 0 aliphatic heterocycles. The minimum Gasteiger partial charge on any atom is -0.353 e. The van der Waals surface area contributed by atoms with Crippen LogP contribution in [0.2, 0.25) is 0 Å². The summed E-state index contributed by atoms with van der Waals surface area (Å²) >= 11 is 0. The fourth-order valence-electron chi connectivity index (χ4n) is 1.63. The minimum atomic E-state index is -0.299. The number of nitrogens with zero attached hydrogens (tertiary/aromatic N) is 3. The van der Waals surface area contributed by atoms with Gasteiger partial charge in [0.25, 0.3) is 0 Å². The van der Waals surface area contributed by atoms with Crippen LogP contribution in [0.15, 0.2) is 30.5 Å². The van der Waals surface area contributed by atoms with Gasteiger partial charge < -0.3 is 10.6 Å². The molecule has 6 heteroatoms.